The average Bonchev–Trinajstić information content (AvgIpc) is 3.54. The molecule has 0 amide bonds. The summed E-state index contributed by atoms with van der Waals surface area (Å²) in [6.07, 6.45) is 8.23. The third-order valence-electron chi connectivity index (χ3n) is 5.28. The van der Waals surface area contributed by atoms with Crippen LogP contribution >= 0.6 is 0 Å². The number of H-pyrrole nitrogens is 2. The molecule has 31 heavy (non-hydrogen) atoms. The number of rotatable bonds is 1. The minimum atomic E-state index is 0. The molecule has 0 fully saturated rings. The molecule has 0 saturated heterocycles. The monoisotopic (exact) mass is 450 g/mol. The largest absolute Gasteiger partial charge is 0.355 e. The van der Waals surface area contributed by atoms with Gasteiger partial charge in [-0.05, 0) is 72.3 Å². The van der Waals surface area contributed by atoms with Crippen LogP contribution in [0, 0.1) is 0 Å². The molecule has 144 valence electrons. The summed E-state index contributed by atoms with van der Waals surface area (Å²) in [5, 5.41) is 0. The Morgan fingerprint density at radius 1 is 0.516 bits per heavy atom. The molecular weight excluding hydrogens is 434 g/mol. The van der Waals surface area contributed by atoms with E-state index in [0.29, 0.717) is 0 Å². The van der Waals surface area contributed by atoms with Gasteiger partial charge in [-0.15, -0.1) is 0 Å². The maximum Gasteiger partial charge on any atom is 0.0737 e. The fraction of sp³-hybridized carbons (Fsp3) is 0. The SMILES string of the molecule is C1=Cc2nc1cc1ccc(cc3ccc(cc4nc(c2-c2ccccc2)C=C4)[nH]3)[nH]1.[Zn]. The van der Waals surface area contributed by atoms with Crippen molar-refractivity contribution in [1.29, 1.82) is 0 Å². The Morgan fingerprint density at radius 3 is 1.52 bits per heavy atom. The topological polar surface area (TPSA) is 57.4 Å². The molecule has 0 radical (unpaired) electrons. The van der Waals surface area contributed by atoms with E-state index in [2.05, 4.69) is 76.7 Å². The van der Waals surface area contributed by atoms with E-state index in [1.54, 1.807) is 0 Å². The van der Waals surface area contributed by atoms with Crippen LogP contribution in [0.3, 0.4) is 0 Å². The molecule has 2 N–H and O–H groups in total. The van der Waals surface area contributed by atoms with Gasteiger partial charge in [0.05, 0.1) is 22.8 Å². The first-order valence-corrected chi connectivity index (χ1v) is 9.93. The first-order chi connectivity index (χ1) is 14.8. The fourth-order valence-electron chi connectivity index (χ4n) is 3.91. The standard InChI is InChI=1S/C26H18N4.Zn/c1-2-4-17(5-3-1)26-24-12-10-22(29-24)15-20-8-6-18(27-20)14-19-7-9-21(28-19)16-23-11-13-25(26)30-23;/h1-16,27-28H;. The zero-order valence-electron chi connectivity index (χ0n) is 16.8. The predicted molar refractivity (Wildman–Crippen MR) is 124 cm³/mol. The molecule has 0 unspecified atom stereocenters. The molecule has 0 aliphatic carbocycles. The first kappa shape index (κ1) is 19.4. The third kappa shape index (κ3) is 3.80. The second-order valence-electron chi connectivity index (χ2n) is 7.42. The Kier molecular flexibility index (Phi) is 4.97. The quantitative estimate of drug-likeness (QED) is 0.287. The zero-order valence-corrected chi connectivity index (χ0v) is 19.8. The van der Waals surface area contributed by atoms with E-state index in [9.17, 15) is 0 Å². The second kappa shape index (κ2) is 7.94. The summed E-state index contributed by atoms with van der Waals surface area (Å²) in [6, 6.07) is 24.8. The van der Waals surface area contributed by atoms with Gasteiger partial charge >= 0.3 is 0 Å². The summed E-state index contributed by atoms with van der Waals surface area (Å²) in [5.74, 6) is 0. The van der Waals surface area contributed by atoms with Crippen molar-refractivity contribution in [3.05, 3.63) is 95.6 Å². The van der Waals surface area contributed by atoms with E-state index >= 15 is 0 Å². The van der Waals surface area contributed by atoms with Crippen LogP contribution in [0.4, 0.5) is 0 Å². The van der Waals surface area contributed by atoms with Crippen molar-refractivity contribution >= 4 is 46.4 Å². The molecule has 2 aliphatic heterocycles. The third-order valence-corrected chi connectivity index (χ3v) is 5.28. The number of aromatic nitrogens is 4. The van der Waals surface area contributed by atoms with Gasteiger partial charge in [-0.2, -0.15) is 0 Å². The summed E-state index contributed by atoms with van der Waals surface area (Å²) < 4.78 is 0. The molecule has 5 heterocycles. The van der Waals surface area contributed by atoms with Gasteiger partial charge in [0, 0.05) is 47.1 Å². The van der Waals surface area contributed by atoms with Crippen molar-refractivity contribution in [2.75, 3.05) is 0 Å². The fourth-order valence-corrected chi connectivity index (χ4v) is 3.91. The van der Waals surface area contributed by atoms with Gasteiger partial charge in [0.15, 0.2) is 0 Å². The molecular formula is C26H18N4Zn. The Bertz CT molecular complexity index is 1400. The summed E-state index contributed by atoms with van der Waals surface area (Å²) in [5.41, 5.74) is 9.94. The molecule has 8 bridgehead atoms. The van der Waals surface area contributed by atoms with Crippen molar-refractivity contribution in [2.45, 2.75) is 0 Å². The van der Waals surface area contributed by atoms with E-state index in [1.165, 1.54) is 0 Å². The van der Waals surface area contributed by atoms with Gasteiger partial charge in [0.25, 0.3) is 0 Å². The molecule has 5 heteroatoms. The molecule has 6 rings (SSSR count). The van der Waals surface area contributed by atoms with Gasteiger partial charge in [0.1, 0.15) is 0 Å². The van der Waals surface area contributed by atoms with E-state index in [4.69, 9.17) is 9.97 Å². The molecule has 2 aliphatic rings. The second-order valence-corrected chi connectivity index (χ2v) is 7.42. The summed E-state index contributed by atoms with van der Waals surface area (Å²) >= 11 is 0. The summed E-state index contributed by atoms with van der Waals surface area (Å²) in [4.78, 5) is 16.7. The Morgan fingerprint density at radius 2 is 1.00 bits per heavy atom. The minimum Gasteiger partial charge on any atom is -0.355 e. The van der Waals surface area contributed by atoms with Crippen LogP contribution in [-0.4, -0.2) is 19.9 Å². The number of benzene rings is 1. The minimum absolute atomic E-state index is 0. The van der Waals surface area contributed by atoms with Crippen molar-refractivity contribution in [1.82, 2.24) is 19.9 Å². The first-order valence-electron chi connectivity index (χ1n) is 9.93. The van der Waals surface area contributed by atoms with E-state index in [1.807, 2.05) is 30.4 Å². The van der Waals surface area contributed by atoms with Gasteiger partial charge in [0.2, 0.25) is 0 Å². The average molecular weight is 452 g/mol. The van der Waals surface area contributed by atoms with Crippen LogP contribution in [0.1, 0.15) is 22.8 Å². The van der Waals surface area contributed by atoms with Crippen molar-refractivity contribution in [3.8, 4) is 11.1 Å². The van der Waals surface area contributed by atoms with E-state index in [0.717, 1.165) is 56.0 Å². The van der Waals surface area contributed by atoms with Crippen molar-refractivity contribution in [2.24, 2.45) is 0 Å². The number of fused-ring (bicyclic) bond motifs is 8. The number of nitrogens with one attached hydrogen (secondary N) is 2. The van der Waals surface area contributed by atoms with Crippen molar-refractivity contribution in [3.63, 3.8) is 0 Å². The van der Waals surface area contributed by atoms with Crippen LogP contribution in [0.25, 0.3) is 57.5 Å². The Labute approximate surface area is 192 Å². The number of aromatic amines is 2. The number of nitrogens with zero attached hydrogens (tertiary/aromatic N) is 2. The van der Waals surface area contributed by atoms with Gasteiger partial charge in [-0.1, -0.05) is 30.3 Å². The van der Waals surface area contributed by atoms with Crippen LogP contribution in [0.2, 0.25) is 0 Å². The molecule has 0 atom stereocenters. The molecule has 3 aromatic heterocycles. The smallest absolute Gasteiger partial charge is 0.0737 e. The number of hydrogen-bond acceptors (Lipinski definition) is 2. The molecule has 4 nitrogen and oxygen atoms in total. The Hall–Kier alpha value is -3.56. The summed E-state index contributed by atoms with van der Waals surface area (Å²) in [7, 11) is 0. The molecule has 1 aromatic carbocycles. The van der Waals surface area contributed by atoms with Crippen molar-refractivity contribution < 1.29 is 19.5 Å². The molecule has 0 saturated carbocycles. The van der Waals surface area contributed by atoms with Gasteiger partial charge in [-0.3, -0.25) is 0 Å². The summed E-state index contributed by atoms with van der Waals surface area (Å²) in [6.45, 7) is 0. The van der Waals surface area contributed by atoms with E-state index < -0.39 is 0 Å². The Balaban J connectivity index is 0.00000204. The zero-order chi connectivity index (χ0) is 19.9. The van der Waals surface area contributed by atoms with E-state index in [-0.39, 0.29) is 19.5 Å². The van der Waals surface area contributed by atoms with Crippen LogP contribution in [0.5, 0.6) is 0 Å². The van der Waals surface area contributed by atoms with Gasteiger partial charge < -0.3 is 9.97 Å². The predicted octanol–water partition coefficient (Wildman–Crippen LogP) is 6.32. The van der Waals surface area contributed by atoms with Gasteiger partial charge in [-0.25, -0.2) is 9.97 Å². The number of hydrogen-bond donors (Lipinski definition) is 2. The maximum atomic E-state index is 4.90. The molecule has 0 spiro atoms. The normalized spacial score (nSPS) is 12.0. The molecule has 4 aromatic rings. The van der Waals surface area contributed by atoms with Crippen LogP contribution < -0.4 is 0 Å². The maximum absolute atomic E-state index is 4.90. The van der Waals surface area contributed by atoms with Crippen LogP contribution in [-0.2, 0) is 19.5 Å². The van der Waals surface area contributed by atoms with Crippen LogP contribution in [0.15, 0.2) is 72.8 Å².